The zero-order valence-corrected chi connectivity index (χ0v) is 13.6. The lowest BCUT2D eigenvalue weighted by molar-refractivity contribution is 0.0302. The van der Waals surface area contributed by atoms with E-state index >= 15 is 0 Å². The van der Waals surface area contributed by atoms with Crippen LogP contribution in [0.5, 0.6) is 0 Å². The molecule has 1 amide bonds. The number of hydrogen-bond donors (Lipinski definition) is 0. The number of fused-ring (bicyclic) bond motifs is 1. The van der Waals surface area contributed by atoms with Crippen molar-refractivity contribution in [2.45, 2.75) is 12.8 Å². The van der Waals surface area contributed by atoms with Crippen molar-refractivity contribution >= 4 is 17.3 Å². The molecule has 1 aromatic heterocycles. The van der Waals surface area contributed by atoms with Gasteiger partial charge in [-0.25, -0.2) is 0 Å². The van der Waals surface area contributed by atoms with Gasteiger partial charge in [0.15, 0.2) is 0 Å². The number of rotatable bonds is 2. The van der Waals surface area contributed by atoms with Crippen LogP contribution in [0.3, 0.4) is 0 Å². The number of hydrogen-bond acceptors (Lipinski definition) is 4. The van der Waals surface area contributed by atoms with Gasteiger partial charge in [-0.3, -0.25) is 9.78 Å². The number of aryl methyl sites for hydroxylation is 1. The van der Waals surface area contributed by atoms with Gasteiger partial charge in [0.05, 0.1) is 30.7 Å². The zero-order valence-electron chi connectivity index (χ0n) is 13.6. The van der Waals surface area contributed by atoms with Gasteiger partial charge in [0.2, 0.25) is 0 Å². The van der Waals surface area contributed by atoms with Crippen molar-refractivity contribution in [2.75, 3.05) is 37.7 Å². The molecule has 0 saturated carbocycles. The van der Waals surface area contributed by atoms with E-state index in [1.807, 2.05) is 17.2 Å². The van der Waals surface area contributed by atoms with Crippen molar-refractivity contribution in [1.29, 1.82) is 0 Å². The molecule has 124 valence electrons. The maximum absolute atomic E-state index is 12.7. The Bertz CT molecular complexity index is 741. The molecule has 0 N–H and O–H groups in total. The molecular formula is C19H21N3O2. The summed E-state index contributed by atoms with van der Waals surface area (Å²) in [5.41, 5.74) is 4.22. The summed E-state index contributed by atoms with van der Waals surface area (Å²) >= 11 is 0. The summed E-state index contributed by atoms with van der Waals surface area (Å²) in [5.74, 6) is 0.0398. The fourth-order valence-electron chi connectivity index (χ4n) is 3.44. The van der Waals surface area contributed by atoms with E-state index in [9.17, 15) is 4.79 Å². The minimum atomic E-state index is 0.0398. The number of pyridine rings is 1. The fraction of sp³-hybridized carbons (Fsp3) is 0.368. The second-order valence-corrected chi connectivity index (χ2v) is 6.22. The predicted molar refractivity (Wildman–Crippen MR) is 92.7 cm³/mol. The number of morpholine rings is 1. The molecular weight excluding hydrogens is 302 g/mol. The van der Waals surface area contributed by atoms with Gasteiger partial charge < -0.3 is 14.5 Å². The molecule has 0 bridgehead atoms. The van der Waals surface area contributed by atoms with Crippen molar-refractivity contribution in [2.24, 2.45) is 0 Å². The van der Waals surface area contributed by atoms with Crippen LogP contribution in [0.4, 0.5) is 11.4 Å². The number of benzene rings is 1. The van der Waals surface area contributed by atoms with Crippen molar-refractivity contribution in [3.63, 3.8) is 0 Å². The standard InChI is InChI=1S/C19H21N3O2/c23-19(21-8-10-24-11-9-21)16-12-17(14-20-13-16)22-7-3-5-15-4-1-2-6-18(15)22/h1-2,4,6,12-14H,3,5,7-11H2. The first-order chi connectivity index (χ1) is 11.8. The van der Waals surface area contributed by atoms with E-state index in [2.05, 4.69) is 34.1 Å². The van der Waals surface area contributed by atoms with Gasteiger partial charge in [0.25, 0.3) is 5.91 Å². The van der Waals surface area contributed by atoms with E-state index in [1.54, 1.807) is 6.20 Å². The van der Waals surface area contributed by atoms with Crippen LogP contribution < -0.4 is 4.90 Å². The second kappa shape index (κ2) is 6.61. The average molecular weight is 323 g/mol. The van der Waals surface area contributed by atoms with Gasteiger partial charge in [-0.2, -0.15) is 0 Å². The van der Waals surface area contributed by atoms with Crippen LogP contribution in [0.1, 0.15) is 22.3 Å². The topological polar surface area (TPSA) is 45.7 Å². The van der Waals surface area contributed by atoms with Gasteiger partial charge in [-0.1, -0.05) is 18.2 Å². The molecule has 2 aliphatic rings. The van der Waals surface area contributed by atoms with E-state index in [0.717, 1.165) is 25.1 Å². The second-order valence-electron chi connectivity index (χ2n) is 6.22. The third-order valence-electron chi connectivity index (χ3n) is 4.69. The number of ether oxygens (including phenoxy) is 1. The summed E-state index contributed by atoms with van der Waals surface area (Å²) < 4.78 is 5.33. The Morgan fingerprint density at radius 2 is 1.92 bits per heavy atom. The summed E-state index contributed by atoms with van der Waals surface area (Å²) in [6.45, 7) is 3.47. The first-order valence-corrected chi connectivity index (χ1v) is 8.50. The fourth-order valence-corrected chi connectivity index (χ4v) is 3.44. The van der Waals surface area contributed by atoms with E-state index in [0.29, 0.717) is 31.9 Å². The van der Waals surface area contributed by atoms with E-state index in [1.165, 1.54) is 11.3 Å². The van der Waals surface area contributed by atoms with Crippen molar-refractivity contribution < 1.29 is 9.53 Å². The van der Waals surface area contributed by atoms with Crippen molar-refractivity contribution in [1.82, 2.24) is 9.88 Å². The maximum atomic E-state index is 12.7. The number of nitrogens with zero attached hydrogens (tertiary/aromatic N) is 3. The Balaban J connectivity index is 1.62. The third kappa shape index (κ3) is 2.87. The Labute approximate surface area is 141 Å². The number of anilines is 2. The van der Waals surface area contributed by atoms with Crippen LogP contribution in [-0.2, 0) is 11.2 Å². The summed E-state index contributed by atoms with van der Waals surface area (Å²) in [4.78, 5) is 21.1. The van der Waals surface area contributed by atoms with Gasteiger partial charge >= 0.3 is 0 Å². The molecule has 0 atom stereocenters. The molecule has 1 aromatic carbocycles. The first-order valence-electron chi connectivity index (χ1n) is 8.50. The van der Waals surface area contributed by atoms with E-state index < -0.39 is 0 Å². The lowest BCUT2D eigenvalue weighted by Gasteiger charge is -2.31. The highest BCUT2D eigenvalue weighted by Gasteiger charge is 2.22. The van der Waals surface area contributed by atoms with Crippen LogP contribution in [0.25, 0.3) is 0 Å². The predicted octanol–water partition coefficient (Wildman–Crippen LogP) is 2.64. The van der Waals surface area contributed by atoms with Gasteiger partial charge in [-0.15, -0.1) is 0 Å². The molecule has 5 heteroatoms. The van der Waals surface area contributed by atoms with E-state index in [4.69, 9.17) is 4.74 Å². The zero-order chi connectivity index (χ0) is 16.4. The minimum absolute atomic E-state index is 0.0398. The Morgan fingerprint density at radius 3 is 2.79 bits per heavy atom. The van der Waals surface area contributed by atoms with Crippen LogP contribution in [-0.4, -0.2) is 48.6 Å². The van der Waals surface area contributed by atoms with E-state index in [-0.39, 0.29) is 5.91 Å². The third-order valence-corrected chi connectivity index (χ3v) is 4.69. The molecule has 4 rings (SSSR count). The monoisotopic (exact) mass is 323 g/mol. The lowest BCUT2D eigenvalue weighted by Crippen LogP contribution is -2.40. The summed E-state index contributed by atoms with van der Waals surface area (Å²) in [5, 5.41) is 0. The molecule has 0 radical (unpaired) electrons. The average Bonchev–Trinajstić information content (AvgIpc) is 2.68. The van der Waals surface area contributed by atoms with Gasteiger partial charge in [0.1, 0.15) is 0 Å². The quantitative estimate of drug-likeness (QED) is 0.852. The highest BCUT2D eigenvalue weighted by Crippen LogP contribution is 2.33. The SMILES string of the molecule is O=C(c1cncc(N2CCCc3ccccc32)c1)N1CCOCC1. The lowest BCUT2D eigenvalue weighted by atomic mass is 10.0. The Morgan fingerprint density at radius 1 is 1.08 bits per heavy atom. The molecule has 2 aromatic rings. The van der Waals surface area contributed by atoms with Crippen LogP contribution in [0.2, 0.25) is 0 Å². The van der Waals surface area contributed by atoms with Gasteiger partial charge in [0, 0.05) is 31.5 Å². The molecule has 3 heterocycles. The minimum Gasteiger partial charge on any atom is -0.378 e. The molecule has 0 unspecified atom stereocenters. The number of carbonyl (C=O) groups excluding carboxylic acids is 1. The molecule has 5 nitrogen and oxygen atoms in total. The molecule has 1 saturated heterocycles. The van der Waals surface area contributed by atoms with Crippen LogP contribution in [0.15, 0.2) is 42.7 Å². The smallest absolute Gasteiger partial charge is 0.255 e. The summed E-state index contributed by atoms with van der Waals surface area (Å²) in [6, 6.07) is 10.4. The van der Waals surface area contributed by atoms with Crippen molar-refractivity contribution in [3.8, 4) is 0 Å². The Hall–Kier alpha value is -2.40. The summed E-state index contributed by atoms with van der Waals surface area (Å²) in [7, 11) is 0. The number of carbonyl (C=O) groups is 1. The van der Waals surface area contributed by atoms with Crippen LogP contribution in [0, 0.1) is 0 Å². The summed E-state index contributed by atoms with van der Waals surface area (Å²) in [6.07, 6.45) is 5.72. The molecule has 0 spiro atoms. The van der Waals surface area contributed by atoms with Gasteiger partial charge in [-0.05, 0) is 30.5 Å². The normalized spacial score (nSPS) is 17.5. The number of para-hydroxylation sites is 1. The largest absolute Gasteiger partial charge is 0.378 e. The van der Waals surface area contributed by atoms with Crippen molar-refractivity contribution in [3.05, 3.63) is 53.9 Å². The Kier molecular flexibility index (Phi) is 4.17. The molecule has 1 fully saturated rings. The highest BCUT2D eigenvalue weighted by atomic mass is 16.5. The number of amides is 1. The van der Waals surface area contributed by atoms with Crippen LogP contribution >= 0.6 is 0 Å². The number of aromatic nitrogens is 1. The first kappa shape index (κ1) is 15.1. The maximum Gasteiger partial charge on any atom is 0.255 e. The molecule has 24 heavy (non-hydrogen) atoms. The highest BCUT2D eigenvalue weighted by molar-refractivity contribution is 5.95. The molecule has 2 aliphatic heterocycles. The molecule has 0 aliphatic carbocycles.